The fourth-order valence-corrected chi connectivity index (χ4v) is 3.59. The number of likely N-dealkylation sites (tertiary alicyclic amines) is 1. The fourth-order valence-electron chi connectivity index (χ4n) is 2.65. The Hall–Kier alpha value is -0.950. The molecule has 1 amide bonds. The van der Waals surface area contributed by atoms with Crippen molar-refractivity contribution in [1.82, 2.24) is 10.3 Å². The lowest BCUT2D eigenvalue weighted by Gasteiger charge is -2.36. The number of ether oxygens (including phenoxy) is 1. The summed E-state index contributed by atoms with van der Waals surface area (Å²) in [5, 5.41) is 0. The maximum Gasteiger partial charge on any atom is 0.275 e. The van der Waals surface area contributed by atoms with Crippen molar-refractivity contribution in [2.45, 2.75) is 32.9 Å². The first kappa shape index (κ1) is 15.4. The predicted octanol–water partition coefficient (Wildman–Crippen LogP) is 1.52. The van der Waals surface area contributed by atoms with Crippen LogP contribution in [0, 0.1) is 12.8 Å². The minimum atomic E-state index is -0.216. The van der Waals surface area contributed by atoms with E-state index >= 15 is 0 Å². The van der Waals surface area contributed by atoms with Gasteiger partial charge in [-0.15, -0.1) is 11.3 Å². The number of carbonyl (C=O) groups excluding carboxylic acids is 1. The lowest BCUT2D eigenvalue weighted by molar-refractivity contribution is -0.00746. The SMILES string of the molecule is COC1CN(Cc2cc(C(=O)NN)sc2C)CCC1C. The summed E-state index contributed by atoms with van der Waals surface area (Å²) in [6, 6.07) is 1.95. The van der Waals surface area contributed by atoms with Gasteiger partial charge in [-0.1, -0.05) is 6.92 Å². The maximum absolute atomic E-state index is 11.6. The first-order valence-electron chi connectivity index (χ1n) is 6.90. The average molecular weight is 297 g/mol. The van der Waals surface area contributed by atoms with E-state index in [2.05, 4.69) is 17.2 Å². The lowest BCUT2D eigenvalue weighted by atomic mass is 9.95. The van der Waals surface area contributed by atoms with Crippen molar-refractivity contribution in [3.8, 4) is 0 Å². The monoisotopic (exact) mass is 297 g/mol. The Balaban J connectivity index is 2.03. The average Bonchev–Trinajstić information content (AvgIpc) is 2.81. The van der Waals surface area contributed by atoms with Crippen LogP contribution in [0.15, 0.2) is 6.07 Å². The second-order valence-corrected chi connectivity index (χ2v) is 6.70. The van der Waals surface area contributed by atoms with Crippen molar-refractivity contribution >= 4 is 17.2 Å². The number of carbonyl (C=O) groups is 1. The van der Waals surface area contributed by atoms with E-state index in [1.165, 1.54) is 21.8 Å². The van der Waals surface area contributed by atoms with Gasteiger partial charge in [-0.2, -0.15) is 0 Å². The standard InChI is InChI=1S/C14H23N3O2S/c1-9-4-5-17(8-12(9)19-3)7-11-6-13(14(18)16-15)20-10(11)2/h6,9,12H,4-5,7-8,15H2,1-3H3,(H,16,18). The number of thiophene rings is 1. The highest BCUT2D eigenvalue weighted by Gasteiger charge is 2.26. The molecule has 0 aliphatic carbocycles. The largest absolute Gasteiger partial charge is 0.380 e. The van der Waals surface area contributed by atoms with E-state index in [4.69, 9.17) is 10.6 Å². The number of rotatable bonds is 4. The molecule has 2 rings (SSSR count). The zero-order valence-electron chi connectivity index (χ0n) is 12.3. The quantitative estimate of drug-likeness (QED) is 0.502. The zero-order valence-corrected chi connectivity index (χ0v) is 13.1. The van der Waals surface area contributed by atoms with Crippen LogP contribution >= 0.6 is 11.3 Å². The highest BCUT2D eigenvalue weighted by Crippen LogP contribution is 2.26. The number of amides is 1. The molecule has 1 fully saturated rings. The Labute approximate surface area is 124 Å². The molecule has 2 unspecified atom stereocenters. The van der Waals surface area contributed by atoms with Crippen LogP contribution in [0.2, 0.25) is 0 Å². The van der Waals surface area contributed by atoms with Crippen molar-refractivity contribution in [3.05, 3.63) is 21.4 Å². The van der Waals surface area contributed by atoms with E-state index in [9.17, 15) is 4.79 Å². The van der Waals surface area contributed by atoms with Crippen LogP contribution in [0.3, 0.4) is 0 Å². The molecule has 0 spiro atoms. The summed E-state index contributed by atoms with van der Waals surface area (Å²) in [5.74, 6) is 5.57. The maximum atomic E-state index is 11.6. The third kappa shape index (κ3) is 3.38. The topological polar surface area (TPSA) is 67.6 Å². The molecule has 0 radical (unpaired) electrons. The normalized spacial score (nSPS) is 23.8. The third-order valence-electron chi connectivity index (χ3n) is 4.05. The molecule has 6 heteroatoms. The summed E-state index contributed by atoms with van der Waals surface area (Å²) in [6.45, 7) is 7.19. The lowest BCUT2D eigenvalue weighted by Crippen LogP contribution is -2.43. The van der Waals surface area contributed by atoms with E-state index < -0.39 is 0 Å². The molecule has 5 nitrogen and oxygen atoms in total. The number of hydrogen-bond acceptors (Lipinski definition) is 5. The van der Waals surface area contributed by atoms with E-state index in [0.29, 0.717) is 16.9 Å². The number of hydrazine groups is 1. The zero-order chi connectivity index (χ0) is 14.7. The van der Waals surface area contributed by atoms with E-state index in [0.717, 1.165) is 26.1 Å². The van der Waals surface area contributed by atoms with Gasteiger partial charge in [0.05, 0.1) is 11.0 Å². The number of aryl methyl sites for hydroxylation is 1. The molecular formula is C14H23N3O2S. The summed E-state index contributed by atoms with van der Waals surface area (Å²) in [4.78, 5) is 15.8. The molecule has 20 heavy (non-hydrogen) atoms. The van der Waals surface area contributed by atoms with Crippen molar-refractivity contribution in [1.29, 1.82) is 0 Å². The molecule has 0 bridgehead atoms. The Morgan fingerprint density at radius 1 is 1.65 bits per heavy atom. The van der Waals surface area contributed by atoms with Crippen LogP contribution in [0.1, 0.15) is 33.5 Å². The Bertz CT molecular complexity index is 475. The van der Waals surface area contributed by atoms with E-state index in [1.807, 2.05) is 13.0 Å². The van der Waals surface area contributed by atoms with Crippen molar-refractivity contribution in [2.24, 2.45) is 11.8 Å². The van der Waals surface area contributed by atoms with Crippen LogP contribution in [0.4, 0.5) is 0 Å². The van der Waals surface area contributed by atoms with Gasteiger partial charge in [-0.3, -0.25) is 15.1 Å². The van der Waals surface area contributed by atoms with Crippen molar-refractivity contribution in [3.63, 3.8) is 0 Å². The van der Waals surface area contributed by atoms with Gasteiger partial charge in [0.1, 0.15) is 0 Å². The molecule has 2 atom stereocenters. The minimum absolute atomic E-state index is 0.216. The molecule has 2 heterocycles. The van der Waals surface area contributed by atoms with Gasteiger partial charge in [0, 0.05) is 25.1 Å². The van der Waals surface area contributed by atoms with Crippen LogP contribution < -0.4 is 11.3 Å². The van der Waals surface area contributed by atoms with Gasteiger partial charge in [-0.25, -0.2) is 5.84 Å². The molecule has 1 aromatic rings. The first-order chi connectivity index (χ1) is 9.55. The molecule has 1 aliphatic heterocycles. The predicted molar refractivity (Wildman–Crippen MR) is 80.6 cm³/mol. The van der Waals surface area contributed by atoms with E-state index in [-0.39, 0.29) is 5.91 Å². The Kier molecular flexibility index (Phi) is 5.15. The number of nitrogen functional groups attached to an aromatic ring is 1. The summed E-state index contributed by atoms with van der Waals surface area (Å²) in [5.41, 5.74) is 3.39. The minimum Gasteiger partial charge on any atom is -0.380 e. The summed E-state index contributed by atoms with van der Waals surface area (Å²) in [6.07, 6.45) is 1.45. The smallest absolute Gasteiger partial charge is 0.275 e. The Morgan fingerprint density at radius 2 is 2.40 bits per heavy atom. The van der Waals surface area contributed by atoms with Crippen molar-refractivity contribution < 1.29 is 9.53 Å². The molecule has 1 aliphatic rings. The first-order valence-corrected chi connectivity index (χ1v) is 7.72. The molecule has 0 saturated carbocycles. The van der Waals surface area contributed by atoms with Crippen LogP contribution in [0.5, 0.6) is 0 Å². The van der Waals surface area contributed by atoms with Gasteiger partial charge >= 0.3 is 0 Å². The van der Waals surface area contributed by atoms with Gasteiger partial charge < -0.3 is 4.74 Å². The third-order valence-corrected chi connectivity index (χ3v) is 5.14. The fraction of sp³-hybridized carbons (Fsp3) is 0.643. The molecule has 0 aromatic carbocycles. The summed E-state index contributed by atoms with van der Waals surface area (Å²) in [7, 11) is 1.78. The molecule has 1 saturated heterocycles. The number of piperidine rings is 1. The second kappa shape index (κ2) is 6.67. The molecule has 112 valence electrons. The number of nitrogens with one attached hydrogen (secondary N) is 1. The van der Waals surface area contributed by atoms with Crippen LogP contribution in [-0.2, 0) is 11.3 Å². The molecule has 1 aromatic heterocycles. The highest BCUT2D eigenvalue weighted by atomic mass is 32.1. The molecular weight excluding hydrogens is 274 g/mol. The second-order valence-electron chi connectivity index (χ2n) is 5.44. The van der Waals surface area contributed by atoms with Crippen LogP contribution in [0.25, 0.3) is 0 Å². The molecule has 3 N–H and O–H groups in total. The number of nitrogens with two attached hydrogens (primary N) is 1. The van der Waals surface area contributed by atoms with Gasteiger partial charge in [0.2, 0.25) is 0 Å². The number of methoxy groups -OCH3 is 1. The van der Waals surface area contributed by atoms with Gasteiger partial charge in [0.25, 0.3) is 5.91 Å². The summed E-state index contributed by atoms with van der Waals surface area (Å²) >= 11 is 1.49. The highest BCUT2D eigenvalue weighted by molar-refractivity contribution is 7.14. The van der Waals surface area contributed by atoms with Gasteiger partial charge in [-0.05, 0) is 37.4 Å². The van der Waals surface area contributed by atoms with Crippen molar-refractivity contribution in [2.75, 3.05) is 20.2 Å². The number of nitrogens with zero attached hydrogens (tertiary/aromatic N) is 1. The van der Waals surface area contributed by atoms with Gasteiger partial charge in [0.15, 0.2) is 0 Å². The van der Waals surface area contributed by atoms with E-state index in [1.54, 1.807) is 7.11 Å². The Morgan fingerprint density at radius 3 is 3.05 bits per heavy atom. The summed E-state index contributed by atoms with van der Waals surface area (Å²) < 4.78 is 5.54. The number of hydrogen-bond donors (Lipinski definition) is 2. The van der Waals surface area contributed by atoms with Crippen LogP contribution in [-0.4, -0.2) is 37.1 Å².